The summed E-state index contributed by atoms with van der Waals surface area (Å²) >= 11 is 0. The summed E-state index contributed by atoms with van der Waals surface area (Å²) in [7, 11) is 0. The summed E-state index contributed by atoms with van der Waals surface area (Å²) in [4.78, 5) is 4.03. The van der Waals surface area contributed by atoms with Crippen LogP contribution in [0.4, 0.5) is 19.1 Å². The average Bonchev–Trinajstić information content (AvgIpc) is 2.81. The van der Waals surface area contributed by atoms with Gasteiger partial charge in [0.1, 0.15) is 0 Å². The highest BCUT2D eigenvalue weighted by atomic mass is 19.2. The molecule has 96 valence electrons. The molecule has 0 bridgehead atoms. The molecule has 0 aliphatic heterocycles. The van der Waals surface area contributed by atoms with Crippen molar-refractivity contribution in [3.05, 3.63) is 42.0 Å². The molecule has 0 saturated carbocycles. The third-order valence-electron chi connectivity index (χ3n) is 2.42. The van der Waals surface area contributed by atoms with Gasteiger partial charge in [-0.3, -0.25) is 4.57 Å². The van der Waals surface area contributed by atoms with Crippen LogP contribution in [0.2, 0.25) is 0 Å². The Morgan fingerprint density at radius 2 is 1.89 bits per heavy atom. The van der Waals surface area contributed by atoms with E-state index in [1.54, 1.807) is 6.20 Å². The highest BCUT2D eigenvalue weighted by molar-refractivity contribution is 5.42. The van der Waals surface area contributed by atoms with Gasteiger partial charge >= 0.3 is 0 Å². The lowest BCUT2D eigenvalue weighted by Gasteiger charge is -2.09. The van der Waals surface area contributed by atoms with E-state index in [1.807, 2.05) is 6.92 Å². The largest absolute Gasteiger partial charge is 0.355 e. The molecule has 1 aromatic heterocycles. The van der Waals surface area contributed by atoms with Crippen molar-refractivity contribution in [1.82, 2.24) is 9.55 Å². The molecule has 0 saturated heterocycles. The molecule has 1 aromatic carbocycles. The van der Waals surface area contributed by atoms with Gasteiger partial charge in [-0.2, -0.15) is 0 Å². The standard InChI is InChI=1S/C12H12F3N3/c1-2-3-16-12-17-4-5-18(12)8-6-9(13)11(15)10(14)7-8/h4-7H,2-3H2,1H3,(H,16,17). The van der Waals surface area contributed by atoms with E-state index in [1.165, 1.54) is 10.8 Å². The van der Waals surface area contributed by atoms with E-state index in [0.717, 1.165) is 18.6 Å². The number of hydrogen-bond donors (Lipinski definition) is 1. The number of anilines is 1. The highest BCUT2D eigenvalue weighted by Gasteiger charge is 2.13. The van der Waals surface area contributed by atoms with Crippen molar-refractivity contribution in [3.63, 3.8) is 0 Å². The fraction of sp³-hybridized carbons (Fsp3) is 0.250. The maximum atomic E-state index is 13.1. The van der Waals surface area contributed by atoms with Crippen LogP contribution in [0.15, 0.2) is 24.5 Å². The molecule has 0 fully saturated rings. The SMILES string of the molecule is CCCNc1nccn1-c1cc(F)c(F)c(F)c1. The number of imidazole rings is 1. The van der Waals surface area contributed by atoms with Crippen LogP contribution < -0.4 is 5.32 Å². The Balaban J connectivity index is 2.40. The third-order valence-corrected chi connectivity index (χ3v) is 2.42. The minimum Gasteiger partial charge on any atom is -0.355 e. The second kappa shape index (κ2) is 5.12. The Morgan fingerprint density at radius 3 is 2.50 bits per heavy atom. The molecule has 0 atom stereocenters. The number of rotatable bonds is 4. The first kappa shape index (κ1) is 12.5. The van der Waals surface area contributed by atoms with Gasteiger partial charge in [0.2, 0.25) is 5.95 Å². The summed E-state index contributed by atoms with van der Waals surface area (Å²) in [5.74, 6) is -3.45. The predicted molar refractivity (Wildman–Crippen MR) is 62.2 cm³/mol. The van der Waals surface area contributed by atoms with Gasteiger partial charge in [-0.25, -0.2) is 18.2 Å². The zero-order chi connectivity index (χ0) is 13.1. The maximum Gasteiger partial charge on any atom is 0.207 e. The van der Waals surface area contributed by atoms with Crippen molar-refractivity contribution < 1.29 is 13.2 Å². The van der Waals surface area contributed by atoms with Crippen LogP contribution in [0.5, 0.6) is 0 Å². The molecule has 2 aromatic rings. The smallest absolute Gasteiger partial charge is 0.207 e. The van der Waals surface area contributed by atoms with Gasteiger partial charge in [0.15, 0.2) is 17.5 Å². The molecular formula is C12H12F3N3. The molecule has 0 aliphatic carbocycles. The number of benzene rings is 1. The Hall–Kier alpha value is -1.98. The Bertz CT molecular complexity index is 528. The van der Waals surface area contributed by atoms with Gasteiger partial charge in [-0.1, -0.05) is 6.92 Å². The van der Waals surface area contributed by atoms with Crippen LogP contribution >= 0.6 is 0 Å². The van der Waals surface area contributed by atoms with Crippen LogP contribution in [-0.2, 0) is 0 Å². The molecule has 18 heavy (non-hydrogen) atoms. The van der Waals surface area contributed by atoms with Crippen LogP contribution in [0.1, 0.15) is 13.3 Å². The van der Waals surface area contributed by atoms with E-state index in [4.69, 9.17) is 0 Å². The molecule has 0 aliphatic rings. The zero-order valence-electron chi connectivity index (χ0n) is 9.75. The molecule has 0 spiro atoms. The van der Waals surface area contributed by atoms with Crippen LogP contribution in [0.3, 0.4) is 0 Å². The summed E-state index contributed by atoms with van der Waals surface area (Å²) in [6, 6.07) is 1.86. The summed E-state index contributed by atoms with van der Waals surface area (Å²) in [5, 5.41) is 3.01. The Labute approximate surface area is 102 Å². The quantitative estimate of drug-likeness (QED) is 0.851. The molecule has 0 amide bonds. The van der Waals surface area contributed by atoms with Crippen molar-refractivity contribution in [2.45, 2.75) is 13.3 Å². The first-order chi connectivity index (χ1) is 8.63. The molecule has 2 rings (SSSR count). The minimum atomic E-state index is -1.47. The van der Waals surface area contributed by atoms with Gasteiger partial charge in [0, 0.05) is 31.1 Å². The molecule has 1 N–H and O–H groups in total. The van der Waals surface area contributed by atoms with Gasteiger partial charge in [-0.05, 0) is 6.42 Å². The van der Waals surface area contributed by atoms with Crippen molar-refractivity contribution in [1.29, 1.82) is 0 Å². The van der Waals surface area contributed by atoms with Gasteiger partial charge in [0.05, 0.1) is 5.69 Å². The van der Waals surface area contributed by atoms with E-state index in [9.17, 15) is 13.2 Å². The van der Waals surface area contributed by atoms with Gasteiger partial charge < -0.3 is 5.32 Å². The fourth-order valence-corrected chi connectivity index (χ4v) is 1.56. The average molecular weight is 255 g/mol. The second-order valence-corrected chi connectivity index (χ2v) is 3.77. The molecule has 6 heteroatoms. The number of nitrogens with zero attached hydrogens (tertiary/aromatic N) is 2. The lowest BCUT2D eigenvalue weighted by molar-refractivity contribution is 0.446. The second-order valence-electron chi connectivity index (χ2n) is 3.77. The number of hydrogen-bond acceptors (Lipinski definition) is 2. The molecular weight excluding hydrogens is 243 g/mol. The lowest BCUT2D eigenvalue weighted by Crippen LogP contribution is -2.07. The van der Waals surface area contributed by atoms with Gasteiger partial charge in [-0.15, -0.1) is 0 Å². The molecule has 1 heterocycles. The van der Waals surface area contributed by atoms with Crippen molar-refractivity contribution in [3.8, 4) is 5.69 Å². The Morgan fingerprint density at radius 1 is 1.22 bits per heavy atom. The summed E-state index contributed by atoms with van der Waals surface area (Å²) in [5.41, 5.74) is 0.183. The minimum absolute atomic E-state index is 0.183. The number of aromatic nitrogens is 2. The van der Waals surface area contributed by atoms with E-state index >= 15 is 0 Å². The van der Waals surface area contributed by atoms with Crippen molar-refractivity contribution >= 4 is 5.95 Å². The summed E-state index contributed by atoms with van der Waals surface area (Å²) in [6.07, 6.45) is 3.93. The zero-order valence-corrected chi connectivity index (χ0v) is 9.75. The first-order valence-electron chi connectivity index (χ1n) is 5.55. The van der Waals surface area contributed by atoms with Crippen LogP contribution in [0.25, 0.3) is 5.69 Å². The van der Waals surface area contributed by atoms with Crippen LogP contribution in [0, 0.1) is 17.5 Å². The van der Waals surface area contributed by atoms with Crippen molar-refractivity contribution in [2.75, 3.05) is 11.9 Å². The molecule has 0 radical (unpaired) electrons. The van der Waals surface area contributed by atoms with Crippen molar-refractivity contribution in [2.24, 2.45) is 0 Å². The molecule has 3 nitrogen and oxygen atoms in total. The van der Waals surface area contributed by atoms with Crippen LogP contribution in [-0.4, -0.2) is 16.1 Å². The fourth-order valence-electron chi connectivity index (χ4n) is 1.56. The third kappa shape index (κ3) is 2.32. The van der Waals surface area contributed by atoms with E-state index in [0.29, 0.717) is 12.5 Å². The predicted octanol–water partition coefficient (Wildman–Crippen LogP) is 3.11. The maximum absolute atomic E-state index is 13.1. The monoisotopic (exact) mass is 255 g/mol. The summed E-state index contributed by atoms with van der Waals surface area (Å²) in [6.45, 7) is 2.67. The number of halogens is 3. The lowest BCUT2D eigenvalue weighted by atomic mass is 10.3. The van der Waals surface area contributed by atoms with E-state index < -0.39 is 17.5 Å². The van der Waals surface area contributed by atoms with E-state index in [-0.39, 0.29) is 5.69 Å². The Kier molecular flexibility index (Phi) is 3.55. The van der Waals surface area contributed by atoms with E-state index in [2.05, 4.69) is 10.3 Å². The first-order valence-corrected chi connectivity index (χ1v) is 5.55. The highest BCUT2D eigenvalue weighted by Crippen LogP contribution is 2.19. The molecule has 0 unspecified atom stereocenters. The van der Waals surface area contributed by atoms with Gasteiger partial charge in [0.25, 0.3) is 0 Å². The number of nitrogens with one attached hydrogen (secondary N) is 1. The summed E-state index contributed by atoms with van der Waals surface area (Å²) < 4.78 is 40.6. The normalized spacial score (nSPS) is 10.7. The topological polar surface area (TPSA) is 29.9 Å².